The Labute approximate surface area is 179 Å². The predicted molar refractivity (Wildman–Crippen MR) is 115 cm³/mol. The first kappa shape index (κ1) is 21.5. The van der Waals surface area contributed by atoms with Gasteiger partial charge in [-0.15, -0.1) is 0 Å². The molecule has 30 heavy (non-hydrogen) atoms. The van der Waals surface area contributed by atoms with E-state index in [-0.39, 0.29) is 22.0 Å². The molecule has 0 unspecified atom stereocenters. The van der Waals surface area contributed by atoms with Crippen LogP contribution in [-0.2, 0) is 11.2 Å². The van der Waals surface area contributed by atoms with Crippen LogP contribution in [0.5, 0.6) is 5.75 Å². The van der Waals surface area contributed by atoms with Crippen LogP contribution in [0.2, 0.25) is 0 Å². The lowest BCUT2D eigenvalue weighted by molar-refractivity contribution is 0.0600. The molecule has 0 aliphatic heterocycles. The summed E-state index contributed by atoms with van der Waals surface area (Å²) in [4.78, 5) is 24.3. The summed E-state index contributed by atoms with van der Waals surface area (Å²) >= 11 is 4.84. The van der Waals surface area contributed by atoms with Crippen LogP contribution in [0.4, 0.5) is 0 Å². The Balaban J connectivity index is 1.89. The first-order valence-corrected chi connectivity index (χ1v) is 9.67. The zero-order chi connectivity index (χ0) is 22.1. The molecule has 0 spiro atoms. The van der Waals surface area contributed by atoms with Crippen LogP contribution < -0.4 is 15.9 Å². The van der Waals surface area contributed by atoms with Gasteiger partial charge in [0.1, 0.15) is 11.5 Å². The number of benzene rings is 1. The van der Waals surface area contributed by atoms with Gasteiger partial charge in [-0.2, -0.15) is 5.10 Å². The maximum absolute atomic E-state index is 12.8. The third-order valence-electron chi connectivity index (χ3n) is 4.77. The van der Waals surface area contributed by atoms with Crippen LogP contribution in [0.3, 0.4) is 0 Å². The van der Waals surface area contributed by atoms with E-state index in [1.165, 1.54) is 31.4 Å². The molecule has 0 fully saturated rings. The van der Waals surface area contributed by atoms with Gasteiger partial charge in [0.2, 0.25) is 5.76 Å². The number of hydrogen-bond acceptors (Lipinski definition) is 7. The van der Waals surface area contributed by atoms with E-state index in [1.807, 2.05) is 0 Å². The Kier molecular flexibility index (Phi) is 5.93. The molecule has 1 aromatic heterocycles. The second-order valence-electron chi connectivity index (χ2n) is 7.81. The van der Waals surface area contributed by atoms with Crippen molar-refractivity contribution in [1.29, 1.82) is 0 Å². The smallest absolute Gasteiger partial charge is 0.379 e. The molecule has 3 rings (SSSR count). The number of nitrogens with two attached hydrogens (primary N) is 1. The van der Waals surface area contributed by atoms with Gasteiger partial charge in [0.05, 0.1) is 18.4 Å². The minimum Gasteiger partial charge on any atom is -0.465 e. The van der Waals surface area contributed by atoms with Gasteiger partial charge in [-0.1, -0.05) is 13.8 Å². The summed E-state index contributed by atoms with van der Waals surface area (Å²) in [6.45, 7) is 5.96. The summed E-state index contributed by atoms with van der Waals surface area (Å²) in [5.74, 6) is -0.0431. The Hall–Kier alpha value is -3.20. The highest BCUT2D eigenvalue weighted by atomic mass is 32.1. The fourth-order valence-corrected chi connectivity index (χ4v) is 3.50. The molecule has 1 aliphatic carbocycles. The minimum absolute atomic E-state index is 0.0589. The van der Waals surface area contributed by atoms with Crippen molar-refractivity contribution in [3.05, 3.63) is 52.5 Å². The van der Waals surface area contributed by atoms with E-state index in [9.17, 15) is 9.59 Å². The highest BCUT2D eigenvalue weighted by Gasteiger charge is 2.36. The number of hydrazone groups is 1. The van der Waals surface area contributed by atoms with Gasteiger partial charge in [-0.05, 0) is 55.2 Å². The summed E-state index contributed by atoms with van der Waals surface area (Å²) in [5, 5.41) is 4.37. The number of fused-ring (bicyclic) bond motifs is 1. The zero-order valence-corrected chi connectivity index (χ0v) is 18.0. The monoisotopic (exact) mass is 429 g/mol. The number of esters is 2. The molecule has 9 heteroatoms. The van der Waals surface area contributed by atoms with Gasteiger partial charge in [0.15, 0.2) is 5.11 Å². The van der Waals surface area contributed by atoms with Gasteiger partial charge in [-0.3, -0.25) is 5.43 Å². The van der Waals surface area contributed by atoms with Crippen molar-refractivity contribution in [3.8, 4) is 5.75 Å². The van der Waals surface area contributed by atoms with Crippen molar-refractivity contribution in [2.24, 2.45) is 16.3 Å². The van der Waals surface area contributed by atoms with Gasteiger partial charge >= 0.3 is 11.9 Å². The summed E-state index contributed by atoms with van der Waals surface area (Å²) in [6.07, 6.45) is 1.32. The Morgan fingerprint density at radius 3 is 2.47 bits per heavy atom. The minimum atomic E-state index is -0.632. The summed E-state index contributed by atoms with van der Waals surface area (Å²) in [5.41, 5.74) is 10.5. The molecule has 0 saturated heterocycles. The van der Waals surface area contributed by atoms with E-state index in [4.69, 9.17) is 27.1 Å². The van der Waals surface area contributed by atoms with Gasteiger partial charge in [0, 0.05) is 17.5 Å². The fourth-order valence-electron chi connectivity index (χ4n) is 3.46. The predicted octanol–water partition coefficient (Wildman–Crippen LogP) is 3.10. The highest BCUT2D eigenvalue weighted by Crippen LogP contribution is 2.39. The molecule has 8 nitrogen and oxygen atoms in total. The Morgan fingerprint density at radius 1 is 1.20 bits per heavy atom. The van der Waals surface area contributed by atoms with Crippen LogP contribution >= 0.6 is 12.2 Å². The normalized spacial score (nSPS) is 15.9. The second-order valence-corrected chi connectivity index (χ2v) is 8.25. The van der Waals surface area contributed by atoms with Crippen LogP contribution in [-0.4, -0.2) is 29.9 Å². The van der Waals surface area contributed by atoms with Crippen LogP contribution in [0.1, 0.15) is 58.1 Å². The zero-order valence-electron chi connectivity index (χ0n) is 17.2. The number of carbonyl (C=O) groups excluding carboxylic acids is 2. The maximum atomic E-state index is 12.8. The molecule has 0 atom stereocenters. The molecular weight excluding hydrogens is 406 g/mol. The van der Waals surface area contributed by atoms with Crippen LogP contribution in [0.25, 0.3) is 0 Å². The second kappa shape index (κ2) is 8.27. The molecular formula is C21H23N3O5S. The molecule has 0 saturated carbocycles. The molecule has 0 radical (unpaired) electrons. The third-order valence-corrected chi connectivity index (χ3v) is 4.86. The molecule has 0 bridgehead atoms. The lowest BCUT2D eigenvalue weighted by Crippen LogP contribution is -2.31. The summed E-state index contributed by atoms with van der Waals surface area (Å²) in [6, 6.07) is 6.07. The SMILES string of the molecule is COC(=O)c1ccc(OC(=O)c2oc3c(c2C)/C(=N\NC(N)=S)CC(C)(C)C3)cc1. The number of hydrogen-bond donors (Lipinski definition) is 2. The van der Waals surface area contributed by atoms with Crippen molar-refractivity contribution in [2.75, 3.05) is 7.11 Å². The van der Waals surface area contributed by atoms with E-state index >= 15 is 0 Å². The van der Waals surface area contributed by atoms with Crippen molar-refractivity contribution < 1.29 is 23.5 Å². The van der Waals surface area contributed by atoms with Gasteiger partial charge in [0.25, 0.3) is 0 Å². The number of nitrogens with one attached hydrogen (secondary N) is 1. The van der Waals surface area contributed by atoms with E-state index in [2.05, 4.69) is 29.1 Å². The van der Waals surface area contributed by atoms with E-state index in [0.717, 1.165) is 11.3 Å². The summed E-state index contributed by atoms with van der Waals surface area (Å²) in [7, 11) is 1.30. The average molecular weight is 429 g/mol. The number of carbonyl (C=O) groups is 2. The summed E-state index contributed by atoms with van der Waals surface area (Å²) < 4.78 is 16.0. The molecule has 0 amide bonds. The number of nitrogens with zero attached hydrogens (tertiary/aromatic N) is 1. The number of ether oxygens (including phenoxy) is 2. The molecule has 158 valence electrons. The largest absolute Gasteiger partial charge is 0.465 e. The highest BCUT2D eigenvalue weighted by molar-refractivity contribution is 7.80. The molecule has 1 aromatic carbocycles. The van der Waals surface area contributed by atoms with Crippen molar-refractivity contribution >= 4 is 35.0 Å². The van der Waals surface area contributed by atoms with Crippen LogP contribution in [0, 0.1) is 12.3 Å². The lowest BCUT2D eigenvalue weighted by atomic mass is 9.75. The first-order valence-electron chi connectivity index (χ1n) is 9.26. The van der Waals surface area contributed by atoms with Gasteiger partial charge < -0.3 is 19.6 Å². The first-order chi connectivity index (χ1) is 14.1. The van der Waals surface area contributed by atoms with Crippen molar-refractivity contribution in [3.63, 3.8) is 0 Å². The quantitative estimate of drug-likeness (QED) is 0.330. The van der Waals surface area contributed by atoms with Crippen LogP contribution in [0.15, 0.2) is 33.8 Å². The topological polar surface area (TPSA) is 116 Å². The van der Waals surface area contributed by atoms with E-state index in [1.54, 1.807) is 6.92 Å². The average Bonchev–Trinajstić information content (AvgIpc) is 3.01. The number of thiocarbonyl (C=S) groups is 1. The number of methoxy groups -OCH3 is 1. The maximum Gasteiger partial charge on any atom is 0.379 e. The lowest BCUT2D eigenvalue weighted by Gasteiger charge is -2.29. The standard InChI is InChI=1S/C21H23N3O5S/c1-11-16-14(23-24-20(22)30)9-21(2,3)10-15(16)29-17(11)19(26)28-13-7-5-12(6-8-13)18(25)27-4/h5-8H,9-10H2,1-4H3,(H3,22,24,30)/b23-14-. The van der Waals surface area contributed by atoms with Gasteiger partial charge in [-0.25, -0.2) is 9.59 Å². The number of furan rings is 1. The number of rotatable bonds is 4. The Morgan fingerprint density at radius 2 is 1.87 bits per heavy atom. The fraction of sp³-hybridized carbons (Fsp3) is 0.333. The van der Waals surface area contributed by atoms with E-state index in [0.29, 0.717) is 29.7 Å². The van der Waals surface area contributed by atoms with Crippen molar-refractivity contribution in [1.82, 2.24) is 5.43 Å². The molecule has 3 N–H and O–H groups in total. The molecule has 1 aliphatic rings. The van der Waals surface area contributed by atoms with E-state index < -0.39 is 11.9 Å². The molecule has 2 aromatic rings. The van der Waals surface area contributed by atoms with Crippen molar-refractivity contribution in [2.45, 2.75) is 33.6 Å². The third kappa shape index (κ3) is 4.51. The Bertz CT molecular complexity index is 1040. The molecule has 1 heterocycles.